The van der Waals surface area contributed by atoms with E-state index in [0.29, 0.717) is 12.8 Å². The first-order chi connectivity index (χ1) is 47.7. The highest BCUT2D eigenvalue weighted by molar-refractivity contribution is 6.01. The Morgan fingerprint density at radius 1 is 0.373 bits per heavy atom. The van der Waals surface area contributed by atoms with Crippen LogP contribution in [0.5, 0.6) is 0 Å². The Morgan fingerprint density at radius 3 is 1.05 bits per heavy atom. The quantitative estimate of drug-likeness (QED) is 0.0154. The molecule has 0 aliphatic rings. The van der Waals surface area contributed by atoms with Crippen molar-refractivity contribution < 1.29 is 97.5 Å². The van der Waals surface area contributed by atoms with Crippen LogP contribution in [0.15, 0.2) is 9.98 Å². The Bertz CT molecular complexity index is 2880. The van der Waals surface area contributed by atoms with Gasteiger partial charge in [0.05, 0.1) is 25.5 Å². The number of hydrogen-bond donors (Lipinski definition) is 22. The van der Waals surface area contributed by atoms with Crippen molar-refractivity contribution in [2.75, 3.05) is 26.2 Å². The van der Waals surface area contributed by atoms with Gasteiger partial charge in [-0.1, -0.05) is 88.5 Å². The minimum atomic E-state index is -2.02. The molecule has 102 heavy (non-hydrogen) atoms. The predicted octanol–water partition coefficient (Wildman–Crippen LogP) is -5.39. The maximum Gasteiger partial charge on any atom is 0.328 e. The van der Waals surface area contributed by atoms with E-state index in [1.165, 1.54) is 27.7 Å². The van der Waals surface area contributed by atoms with Gasteiger partial charge in [-0.05, 0) is 93.9 Å². The van der Waals surface area contributed by atoms with E-state index in [4.69, 9.17) is 34.4 Å². The van der Waals surface area contributed by atoms with Gasteiger partial charge >= 0.3 is 23.9 Å². The largest absolute Gasteiger partial charge is 0.481 e. The number of hydrogen-bond acceptors (Lipinski definition) is 20. The number of nitrogens with zero attached hydrogens (tertiary/aromatic N) is 2. The molecule has 28 N–H and O–H groups in total. The summed E-state index contributed by atoms with van der Waals surface area (Å²) in [7, 11) is 0. The molecule has 0 aliphatic heterocycles. The lowest BCUT2D eigenvalue weighted by Crippen LogP contribution is -2.62. The summed E-state index contributed by atoms with van der Waals surface area (Å²) in [6, 6.07) is -19.0. The molecule has 0 saturated carbocycles. The van der Waals surface area contributed by atoms with Crippen molar-refractivity contribution in [1.29, 1.82) is 0 Å². The Morgan fingerprint density at radius 2 is 0.696 bits per heavy atom. The maximum absolute atomic E-state index is 14.5. The number of amides is 11. The second-order valence-corrected chi connectivity index (χ2v) is 25.8. The highest BCUT2D eigenvalue weighted by Gasteiger charge is 2.40. The number of carboxylic acid groups (broad SMARTS) is 4. The second-order valence-electron chi connectivity index (χ2n) is 25.8. The highest BCUT2D eigenvalue weighted by Crippen LogP contribution is 2.17. The van der Waals surface area contributed by atoms with Crippen LogP contribution < -0.4 is 92.9 Å². The fraction of sp³-hybridized carbons (Fsp3) is 0.730. The smallest absolute Gasteiger partial charge is 0.328 e. The Hall–Kier alpha value is -9.53. The zero-order chi connectivity index (χ0) is 78.3. The van der Waals surface area contributed by atoms with Gasteiger partial charge in [0.2, 0.25) is 65.0 Å². The molecular weight excluding hydrogens is 1340 g/mol. The van der Waals surface area contributed by atoms with Gasteiger partial charge in [-0.3, -0.25) is 77.1 Å². The molecule has 580 valence electrons. The van der Waals surface area contributed by atoms with Crippen LogP contribution in [0.1, 0.15) is 166 Å². The van der Waals surface area contributed by atoms with E-state index in [-0.39, 0.29) is 95.3 Å². The van der Waals surface area contributed by atoms with Crippen molar-refractivity contribution in [3.63, 3.8) is 0 Å². The van der Waals surface area contributed by atoms with E-state index < -0.39 is 217 Å². The normalized spacial score (nSPS) is 15.6. The molecule has 11 amide bonds. The SMILES string of the molecule is CC[C@H](C)[C@H](NC(=O)[C@H](CCCCN)NC(=O)[C@@H](NC(=O)[C@H](CC(=O)O)NC(=O)[C@@H](NC(=O)[C@H](CC(=O)O)NC(=O)[C@@H](NC(=O)[C@H](CCC(=O)O)NC(=O)[C@H](CC(C)C)NC(=O)[C@@H](N)CCCN=C(N)N)C(C)C)[C@@H](C)CC)[C@@H](C)CC)C(=O)N[C@@H](CCCN=C(N)N)C(=O)N[C@@H](CO)C(=O)O. The number of carbonyl (C=O) groups excluding carboxylic acids is 11. The zero-order valence-electron chi connectivity index (χ0n) is 60.0. The maximum atomic E-state index is 14.5. The third-order valence-electron chi connectivity index (χ3n) is 16.5. The number of aliphatic hydroxyl groups excluding tert-OH is 1. The molecule has 0 spiro atoms. The van der Waals surface area contributed by atoms with Gasteiger partial charge in [-0.2, -0.15) is 0 Å². The van der Waals surface area contributed by atoms with Crippen LogP contribution >= 0.6 is 0 Å². The summed E-state index contributed by atoms with van der Waals surface area (Å²) in [6.07, 6.45) is -2.03. The number of rotatable bonds is 52. The molecule has 0 aromatic rings. The first kappa shape index (κ1) is 92.5. The first-order valence-electron chi connectivity index (χ1n) is 34.1. The monoisotopic (exact) mass is 1460 g/mol. The molecule has 0 heterocycles. The molecule has 0 bridgehead atoms. The lowest BCUT2D eigenvalue weighted by Gasteiger charge is -2.31. The van der Waals surface area contributed by atoms with Crippen molar-refractivity contribution in [2.45, 2.75) is 238 Å². The van der Waals surface area contributed by atoms with Crippen LogP contribution in [0.3, 0.4) is 0 Å². The molecule has 15 atom stereocenters. The van der Waals surface area contributed by atoms with E-state index in [9.17, 15) is 97.5 Å². The van der Waals surface area contributed by atoms with Crippen LogP contribution in [0, 0.1) is 29.6 Å². The number of unbranched alkanes of at least 4 members (excludes halogenated alkanes) is 1. The Kier molecular flexibility index (Phi) is 43.8. The van der Waals surface area contributed by atoms with Crippen molar-refractivity contribution in [3.8, 4) is 0 Å². The van der Waals surface area contributed by atoms with Gasteiger partial charge < -0.3 is 118 Å². The second kappa shape index (κ2) is 48.3. The molecule has 39 heteroatoms. The van der Waals surface area contributed by atoms with Crippen LogP contribution in [0.25, 0.3) is 0 Å². The number of aliphatic carboxylic acids is 4. The van der Waals surface area contributed by atoms with Crippen molar-refractivity contribution in [1.82, 2.24) is 58.5 Å². The predicted molar refractivity (Wildman–Crippen MR) is 371 cm³/mol. The van der Waals surface area contributed by atoms with Crippen molar-refractivity contribution >= 4 is 101 Å². The number of nitrogens with two attached hydrogens (primary N) is 6. The van der Waals surface area contributed by atoms with E-state index in [2.05, 4.69) is 68.5 Å². The molecule has 0 rings (SSSR count). The Balaban J connectivity index is 7.09. The fourth-order valence-corrected chi connectivity index (χ4v) is 9.90. The molecule has 0 unspecified atom stereocenters. The highest BCUT2D eigenvalue weighted by atomic mass is 16.4. The van der Waals surface area contributed by atoms with Crippen LogP contribution in [-0.4, -0.2) is 225 Å². The first-order valence-corrected chi connectivity index (χ1v) is 34.1. The minimum absolute atomic E-state index is 0.00507. The Labute approximate surface area is 593 Å². The summed E-state index contributed by atoms with van der Waals surface area (Å²) in [6.45, 7) is 15.2. The van der Waals surface area contributed by atoms with E-state index in [1.807, 2.05) is 0 Å². The molecule has 0 aromatic heterocycles. The number of aliphatic imine (C=N–C) groups is 2. The summed E-state index contributed by atoms with van der Waals surface area (Å²) in [4.78, 5) is 210. The third-order valence-corrected chi connectivity index (χ3v) is 16.5. The molecule has 39 nitrogen and oxygen atoms in total. The number of carbonyl (C=O) groups is 15. The van der Waals surface area contributed by atoms with Gasteiger partial charge in [0.1, 0.15) is 66.5 Å². The number of carboxylic acids is 4. The van der Waals surface area contributed by atoms with E-state index in [1.54, 1.807) is 41.5 Å². The van der Waals surface area contributed by atoms with E-state index in [0.717, 1.165) is 0 Å². The van der Waals surface area contributed by atoms with Crippen molar-refractivity contribution in [2.24, 2.45) is 74.0 Å². The summed E-state index contributed by atoms with van der Waals surface area (Å²) >= 11 is 0. The molecule has 0 fully saturated rings. The molecule has 0 radical (unpaired) electrons. The molecular formula is C63H113N19O20. The lowest BCUT2D eigenvalue weighted by atomic mass is 9.95. The van der Waals surface area contributed by atoms with Crippen LogP contribution in [-0.2, 0) is 71.9 Å². The van der Waals surface area contributed by atoms with Gasteiger partial charge in [0.25, 0.3) is 0 Å². The van der Waals surface area contributed by atoms with Gasteiger partial charge in [-0.25, -0.2) is 4.79 Å². The van der Waals surface area contributed by atoms with Gasteiger partial charge in [-0.15, -0.1) is 0 Å². The fourth-order valence-electron chi connectivity index (χ4n) is 9.90. The van der Waals surface area contributed by atoms with Crippen LogP contribution in [0.2, 0.25) is 0 Å². The zero-order valence-corrected chi connectivity index (χ0v) is 60.0. The summed E-state index contributed by atoms with van der Waals surface area (Å²) in [5.74, 6) is -21.5. The lowest BCUT2D eigenvalue weighted by molar-refractivity contribution is -0.143. The summed E-state index contributed by atoms with van der Waals surface area (Å²) in [5, 5.41) is 75.5. The molecule has 0 saturated heterocycles. The third kappa shape index (κ3) is 35.7. The van der Waals surface area contributed by atoms with E-state index >= 15 is 0 Å². The van der Waals surface area contributed by atoms with Gasteiger partial charge in [0, 0.05) is 19.5 Å². The number of guanidine groups is 2. The van der Waals surface area contributed by atoms with Crippen molar-refractivity contribution in [3.05, 3.63) is 0 Å². The number of nitrogens with one attached hydrogen (secondary N) is 11. The van der Waals surface area contributed by atoms with Gasteiger partial charge in [0.15, 0.2) is 11.9 Å². The van der Waals surface area contributed by atoms with Crippen LogP contribution in [0.4, 0.5) is 0 Å². The average molecular weight is 1460 g/mol. The average Bonchev–Trinajstić information content (AvgIpc) is 0.853. The number of aliphatic hydroxyl groups is 1. The minimum Gasteiger partial charge on any atom is -0.481 e. The standard InChI is InChI=1S/C63H113N19O20/c1-11-32(8)47(58(98)74-37(20-17-25-71-63(68)69)51(91)78-42(29-83)61(101)102)80-52(92)36(19-14-15-23-64)73-59(99)48(33(9)12-2)81-56(96)41(28-45(88)89)77-60(100)49(34(10)13-3)82-55(95)40(27-44(86)87)76-57(97)46(31(6)7)79-53(93)38(21-22-43(84)85)72-54(94)39(26-30(4)5)75-50(90)35(65)18-16-24-70-62(66)67/h30-42,46-49,83H,11-29,64-65H2,1-10H3,(H,72,94)(H,73,99)(H,74,98)(H,75,90)(H,76,97)(H,77,100)(H,78,91)(H,79,93)(H,80,92)(H,81,96)(H,82,95)(H,84,85)(H,86,87)(H,88,89)(H,101,102)(H4,66,67,70)(H4,68,69,71)/t32-,33-,34-,35-,36-,37-,38-,39-,40-,41-,42-,46-,47-,48-,49-/m0/s1. The molecule has 0 aromatic carbocycles. The topological polar surface area (TPSA) is 670 Å². The molecule has 0 aliphatic carbocycles. The summed E-state index contributed by atoms with van der Waals surface area (Å²) in [5.41, 5.74) is 33.4. The summed E-state index contributed by atoms with van der Waals surface area (Å²) < 4.78 is 0.